The van der Waals surface area contributed by atoms with E-state index in [1.807, 2.05) is 0 Å². The molecule has 1 unspecified atom stereocenters. The zero-order chi connectivity index (χ0) is 36.5. The first-order valence-corrected chi connectivity index (χ1v) is 12.5. The SMILES string of the molecule is COc1cc2c(cc1OC)C(O)(O)C(O)(CC1(O)C(O)(O)C(O)(O)N(C(O)(O)c3c(O)c(O)c(O)c(O)c3O)C(O)(O)C1(O)O)C2=O. The molecule has 0 saturated carbocycles. The molecule has 262 valence electrons. The number of methoxy groups -OCH3 is 2. The number of nitrogens with zero attached hydrogens (tertiary/aromatic N) is 1. The Morgan fingerprint density at radius 3 is 1.45 bits per heavy atom. The van der Waals surface area contributed by atoms with E-state index < -0.39 is 109 Å². The molecule has 0 amide bonds. The lowest BCUT2D eigenvalue weighted by Gasteiger charge is -2.65. The third-order valence-electron chi connectivity index (χ3n) is 8.34. The van der Waals surface area contributed by atoms with E-state index in [1.165, 1.54) is 0 Å². The number of likely N-dealkylation sites (tertiary alicyclic amines) is 1. The molecule has 2 aliphatic rings. The number of benzene rings is 2. The highest BCUT2D eigenvalue weighted by Gasteiger charge is 2.89. The molecule has 2 aromatic carbocycles. The number of piperidine rings is 1. The Morgan fingerprint density at radius 1 is 0.660 bits per heavy atom. The summed E-state index contributed by atoms with van der Waals surface area (Å²) in [7, 11) is 2.10. The number of hydrogen-bond donors (Lipinski definition) is 19. The Kier molecular flexibility index (Phi) is 7.52. The molecular weight excluding hydrogens is 654 g/mol. The van der Waals surface area contributed by atoms with Gasteiger partial charge in [0.05, 0.1) is 14.2 Å². The van der Waals surface area contributed by atoms with Gasteiger partial charge in [-0.1, -0.05) is 0 Å². The summed E-state index contributed by atoms with van der Waals surface area (Å²) < 4.78 is 9.91. The van der Waals surface area contributed by atoms with Crippen molar-refractivity contribution in [3.63, 3.8) is 0 Å². The van der Waals surface area contributed by atoms with Crippen molar-refractivity contribution in [2.75, 3.05) is 14.2 Å². The maximum absolute atomic E-state index is 13.4. The van der Waals surface area contributed by atoms with Crippen molar-refractivity contribution in [1.82, 2.24) is 4.90 Å². The number of phenolic OH excluding ortho intramolecular Hbond substituents is 5. The number of ketones is 1. The zero-order valence-electron chi connectivity index (χ0n) is 23.5. The van der Waals surface area contributed by atoms with Gasteiger partial charge < -0.3 is 106 Å². The van der Waals surface area contributed by atoms with Gasteiger partial charge >= 0.3 is 0 Å². The fourth-order valence-electron chi connectivity index (χ4n) is 5.66. The summed E-state index contributed by atoms with van der Waals surface area (Å²) in [6.45, 7) is 0. The lowest BCUT2D eigenvalue weighted by molar-refractivity contribution is -0.630. The largest absolute Gasteiger partial charge is 0.504 e. The van der Waals surface area contributed by atoms with Gasteiger partial charge in [0.15, 0.2) is 34.2 Å². The molecule has 0 spiro atoms. The van der Waals surface area contributed by atoms with E-state index in [2.05, 4.69) is 0 Å². The average molecular weight is 683 g/mol. The number of fused-ring (bicyclic) bond motifs is 1. The highest BCUT2D eigenvalue weighted by Crippen LogP contribution is 2.61. The Morgan fingerprint density at radius 2 is 1.04 bits per heavy atom. The number of carbonyl (C=O) groups is 1. The molecule has 23 nitrogen and oxygen atoms in total. The van der Waals surface area contributed by atoms with Crippen molar-refractivity contribution >= 4 is 5.78 Å². The second-order valence-electron chi connectivity index (χ2n) is 10.9. The Bertz CT molecular complexity index is 1610. The van der Waals surface area contributed by atoms with Crippen LogP contribution in [0.2, 0.25) is 0 Å². The van der Waals surface area contributed by atoms with Gasteiger partial charge in [-0.05, 0) is 12.1 Å². The summed E-state index contributed by atoms with van der Waals surface area (Å²) in [5, 5.41) is 202. The standard InChI is InChI=1S/C24H29NO22/c1-46-8-3-6-7(4-9(8)47-2)19(34,35)17(32,16(6)31)5-18(33)21(38,39)23(42,43)25(24(44,45)22(18,40)41)20(36,37)10-11(26)13(28)15(30)14(29)12(10)27/h3-4,26-30,32-45H,5H2,1-2H3. The summed E-state index contributed by atoms with van der Waals surface area (Å²) in [4.78, 5) is 11.6. The van der Waals surface area contributed by atoms with Gasteiger partial charge in [-0.25, -0.2) is 0 Å². The molecule has 1 aliphatic heterocycles. The number of phenols is 5. The number of aromatic hydroxyl groups is 5. The number of rotatable bonds is 6. The molecule has 1 saturated heterocycles. The molecule has 1 atom stereocenters. The summed E-state index contributed by atoms with van der Waals surface area (Å²) in [5.74, 6) is -43.3. The van der Waals surface area contributed by atoms with Crippen LogP contribution in [0.3, 0.4) is 0 Å². The van der Waals surface area contributed by atoms with E-state index in [4.69, 9.17) is 9.47 Å². The second kappa shape index (κ2) is 9.82. The van der Waals surface area contributed by atoms with Gasteiger partial charge in [-0.2, -0.15) is 0 Å². The third kappa shape index (κ3) is 3.94. The number of carbonyl (C=O) groups excluding carboxylic acids is 1. The van der Waals surface area contributed by atoms with Crippen LogP contribution in [0.15, 0.2) is 12.1 Å². The molecule has 1 aliphatic carbocycles. The van der Waals surface area contributed by atoms with Crippen molar-refractivity contribution in [3.8, 4) is 40.2 Å². The zero-order valence-corrected chi connectivity index (χ0v) is 23.5. The second-order valence-corrected chi connectivity index (χ2v) is 10.9. The number of aliphatic hydroxyl groups is 14. The third-order valence-corrected chi connectivity index (χ3v) is 8.34. The molecule has 0 bridgehead atoms. The lowest BCUT2D eigenvalue weighted by Crippen LogP contribution is -2.95. The molecule has 47 heavy (non-hydrogen) atoms. The van der Waals surface area contributed by atoms with Crippen LogP contribution in [0, 0.1) is 0 Å². The maximum Gasteiger partial charge on any atom is 0.294 e. The summed E-state index contributed by atoms with van der Waals surface area (Å²) in [6.07, 6.45) is -2.65. The molecule has 1 heterocycles. The van der Waals surface area contributed by atoms with Crippen LogP contribution < -0.4 is 9.47 Å². The first kappa shape index (κ1) is 36.0. The highest BCUT2D eigenvalue weighted by atomic mass is 16.7. The lowest BCUT2D eigenvalue weighted by atomic mass is 9.67. The summed E-state index contributed by atoms with van der Waals surface area (Å²) in [5.41, 5.74) is -13.4. The predicted octanol–water partition coefficient (Wildman–Crippen LogP) is -7.83. The van der Waals surface area contributed by atoms with E-state index >= 15 is 0 Å². The van der Waals surface area contributed by atoms with Gasteiger partial charge in [-0.15, -0.1) is 4.90 Å². The maximum atomic E-state index is 13.4. The number of hydrogen-bond acceptors (Lipinski definition) is 23. The van der Waals surface area contributed by atoms with Crippen LogP contribution >= 0.6 is 0 Å². The first-order chi connectivity index (χ1) is 21.0. The molecule has 1 fully saturated rings. The quantitative estimate of drug-likeness (QED) is 0.0763. The molecule has 19 N–H and O–H groups in total. The van der Waals surface area contributed by atoms with Gasteiger partial charge in [0, 0.05) is 17.5 Å². The van der Waals surface area contributed by atoms with E-state index in [9.17, 15) is 102 Å². The van der Waals surface area contributed by atoms with Crippen LogP contribution in [0.5, 0.6) is 40.2 Å². The molecule has 2 aromatic rings. The van der Waals surface area contributed by atoms with Gasteiger partial charge in [0.25, 0.3) is 29.3 Å². The Labute approximate surface area is 258 Å². The molecule has 0 radical (unpaired) electrons. The molecule has 0 aromatic heterocycles. The average Bonchev–Trinajstić information content (AvgIpc) is 3.09. The molecule has 4 rings (SSSR count). The smallest absolute Gasteiger partial charge is 0.294 e. The number of ether oxygens (including phenoxy) is 2. The molecule has 23 heteroatoms. The van der Waals surface area contributed by atoms with Crippen LogP contribution in [-0.4, -0.2) is 157 Å². The predicted molar refractivity (Wildman–Crippen MR) is 136 cm³/mol. The first-order valence-electron chi connectivity index (χ1n) is 12.5. The fourth-order valence-corrected chi connectivity index (χ4v) is 5.66. The Hall–Kier alpha value is -3.89. The van der Waals surface area contributed by atoms with E-state index in [-0.39, 0.29) is 11.5 Å². The van der Waals surface area contributed by atoms with Crippen LogP contribution in [-0.2, 0) is 11.7 Å². The van der Waals surface area contributed by atoms with Crippen molar-refractivity contribution < 1.29 is 111 Å². The molecular formula is C24H29NO22. The van der Waals surface area contributed by atoms with Crippen LogP contribution in [0.4, 0.5) is 0 Å². The monoisotopic (exact) mass is 683 g/mol. The highest BCUT2D eigenvalue weighted by molar-refractivity contribution is 6.08. The fraction of sp³-hybridized carbons (Fsp3) is 0.458. The Balaban J connectivity index is 1.97. The van der Waals surface area contributed by atoms with Crippen molar-refractivity contribution in [2.45, 2.75) is 52.7 Å². The van der Waals surface area contributed by atoms with E-state index in [0.29, 0.717) is 6.07 Å². The van der Waals surface area contributed by atoms with E-state index in [1.54, 1.807) is 0 Å². The minimum Gasteiger partial charge on any atom is -0.504 e. The summed E-state index contributed by atoms with van der Waals surface area (Å²) >= 11 is 0. The summed E-state index contributed by atoms with van der Waals surface area (Å²) in [6, 6.07) is 1.42. The topological polar surface area (TPSA) is 423 Å². The van der Waals surface area contributed by atoms with Gasteiger partial charge in [0.1, 0.15) is 5.56 Å². The van der Waals surface area contributed by atoms with Crippen molar-refractivity contribution in [2.24, 2.45) is 0 Å². The van der Waals surface area contributed by atoms with E-state index in [0.717, 1.165) is 20.3 Å². The van der Waals surface area contributed by atoms with Gasteiger partial charge in [-0.3, -0.25) is 4.79 Å². The van der Waals surface area contributed by atoms with Crippen molar-refractivity contribution in [1.29, 1.82) is 0 Å². The minimum atomic E-state index is -5.43. The van der Waals surface area contributed by atoms with Crippen LogP contribution in [0.25, 0.3) is 0 Å². The normalized spacial score (nSPS) is 25.3. The van der Waals surface area contributed by atoms with Crippen LogP contribution in [0.1, 0.15) is 27.9 Å². The minimum absolute atomic E-state index is 0.293. The number of Topliss-reactive ketones (excluding diaryl/α,β-unsaturated/α-hetero) is 1. The van der Waals surface area contributed by atoms with Crippen molar-refractivity contribution in [3.05, 3.63) is 28.8 Å². The van der Waals surface area contributed by atoms with Gasteiger partial charge in [0.2, 0.25) is 28.8 Å².